The van der Waals surface area contributed by atoms with Gasteiger partial charge in [0.05, 0.1) is 115 Å². The quantitative estimate of drug-likeness (QED) is 0.0143. The molecule has 0 amide bonds. The second-order valence-corrected chi connectivity index (χ2v) is 49.3. The van der Waals surface area contributed by atoms with Crippen LogP contribution < -0.4 is 0 Å². The highest BCUT2D eigenvalue weighted by Gasteiger charge is 2.59. The molecule has 28 nitrogen and oxygen atoms in total. The van der Waals surface area contributed by atoms with Crippen molar-refractivity contribution in [1.82, 2.24) is 32.7 Å². The maximum Gasteiger partial charge on any atom is 0.317 e. The van der Waals surface area contributed by atoms with Crippen molar-refractivity contribution in [3.05, 3.63) is 0 Å². The smallest absolute Gasteiger partial charge is 0.317 e. The molecule has 0 aliphatic carbocycles. The molecule has 2 N–H and O–H groups in total. The van der Waals surface area contributed by atoms with Gasteiger partial charge in [-0.1, -0.05) is 59.0 Å². The number of hydrogen-bond acceptors (Lipinski definition) is 28. The van der Waals surface area contributed by atoms with Crippen molar-refractivity contribution in [1.29, 1.82) is 27.7 Å². The van der Waals surface area contributed by atoms with E-state index < -0.39 is 71.5 Å². The van der Waals surface area contributed by atoms with Gasteiger partial charge < -0.3 is 47.9 Å². The molecular weight excluding hydrogens is 2020 g/mol. The van der Waals surface area contributed by atoms with Crippen molar-refractivity contribution >= 4 is 142 Å². The van der Waals surface area contributed by atoms with Gasteiger partial charge in [0, 0.05) is 99.5 Å². The van der Waals surface area contributed by atoms with Crippen LogP contribution in [0.5, 0.6) is 0 Å². The highest BCUT2D eigenvalue weighted by molar-refractivity contribution is 9.19. The average Bonchev–Trinajstić information content (AvgIpc) is 1.58. The third-order valence-corrected chi connectivity index (χ3v) is 33.2. The molecule has 0 saturated carbocycles. The van der Waals surface area contributed by atoms with Gasteiger partial charge in [0.2, 0.25) is 6.12 Å². The SMILES string of the molecule is C#CCC(C)(C)O.CC(C)(CC#N)OC(=O)CBr.CC(C)(CC#N)OC(=O)CBr.CC(C)N(C(C)C)P(CC(=O)OC(C)(C)CC#N)N(C(C)C)C(C)C.CC(C)N(C(C)C)P(CC(=O)OC(C)(C)CC#N)N(C(C)C)C(C)C.CC(C)N(C(C)C)P(Cl)N(C(C)C)C(C)C.O=C(Br)CBr.[2H]C[C@]12COC(C1OP(CC(=O)OC(C)(C)CC#N)N(C(C)C)C(C)C)[C@H](C)O2.[3H]OC. The van der Waals surface area contributed by atoms with Gasteiger partial charge in [-0.25, -0.2) is 0 Å². The Labute approximate surface area is 836 Å². The van der Waals surface area contributed by atoms with Crippen molar-refractivity contribution in [2.45, 2.75) is 471 Å². The number of aliphatic hydroxyl groups is 2. The maximum absolute atomic E-state index is 12.7. The first kappa shape index (κ1) is 136. The highest BCUT2D eigenvalue weighted by atomic mass is 79.9. The summed E-state index contributed by atoms with van der Waals surface area (Å²) in [7, 11) is -2.46. The van der Waals surface area contributed by atoms with Crippen LogP contribution in [0.2, 0.25) is 0 Å². The number of nitrogens with zero attached hydrogens (tertiary/aromatic N) is 12. The number of carbonyl (C=O) groups is 6. The molecule has 0 aromatic rings. The fourth-order valence-corrected chi connectivity index (χ4v) is 26.1. The van der Waals surface area contributed by atoms with Crippen LogP contribution in [-0.2, 0) is 66.4 Å². The van der Waals surface area contributed by atoms with E-state index in [0.29, 0.717) is 103 Å². The van der Waals surface area contributed by atoms with Crippen molar-refractivity contribution < 1.29 is 78.0 Å². The lowest BCUT2D eigenvalue weighted by molar-refractivity contribution is -0.154. The summed E-state index contributed by atoms with van der Waals surface area (Å²) < 4.78 is 75.6. The number of rotatable bonds is 43. The number of carbonyl (C=O) groups excluding carboxylic acids is 6. The van der Waals surface area contributed by atoms with Crippen molar-refractivity contribution in [3.63, 3.8) is 0 Å². The summed E-state index contributed by atoms with van der Waals surface area (Å²) in [6, 6.07) is 15.1. The summed E-state index contributed by atoms with van der Waals surface area (Å²) in [6.45, 7) is 84.1. The fraction of sp³-hybridized carbons (Fsp3) is 0.860. The Morgan fingerprint density at radius 1 is 0.454 bits per heavy atom. The zero-order chi connectivity index (χ0) is 106. The molecule has 2 bridgehead atoms. The number of halogens is 5. The number of nitriles is 5. The number of hydrogen-bond donors (Lipinski definition) is 2. The standard InChI is InChI=1S/C20H35N2O5P.2C19H38N3O2P.C12H28ClN2P.2C7H10BrNO2.C6H10O.C2H2Br2O.CH4O/c1-13(2)22(14(3)4)28(11-16(23)26-19(6,7)9-10-21)27-18-17-15(5)25-20(18,8)12-24-17;2*1-14(2)21(15(3)4)25(22(16(5)6)17(7)8)13-18(23)24-19(9,10)11-12-20;1-9(2)14(10(3)4)16(13)15(11(5)6)12(7)8;2*1-7(2,3-4-9)11-6(10)5-8;1-4-5-6(2,3)7;3-1-2(4)5;1-2/h13-15,17-18H,9,11-12H2,1-8H3;2*14-17H,11,13H2,1-10H3;9-12H,1-8H3;2*3,5H2,1-2H3;1,7H,5H2,2-3H3;1H2;2H,1H3/t15-,17?,18?,20-,28?;;;;;;;;/m0......../s1/i8D;;;;;;;;2T. The van der Waals surface area contributed by atoms with E-state index in [1.54, 1.807) is 83.1 Å². The molecule has 0 spiro atoms. The highest BCUT2D eigenvalue weighted by Crippen LogP contribution is 2.56. The Hall–Kier alpha value is -2.52. The first-order valence-corrected chi connectivity index (χ1v) is 55.2. The average molecular weight is 2200 g/mol. The van der Waals surface area contributed by atoms with Crippen LogP contribution in [0.1, 0.15) is 331 Å². The second-order valence-electron chi connectivity index (χ2n) is 38.8. The molecule has 2 fully saturated rings. The van der Waals surface area contributed by atoms with Crippen LogP contribution in [0.3, 0.4) is 0 Å². The predicted molar refractivity (Wildman–Crippen MR) is 552 cm³/mol. The second kappa shape index (κ2) is 70.2. The minimum atomic E-state index is -1.35. The Morgan fingerprint density at radius 2 is 0.677 bits per heavy atom. The van der Waals surface area contributed by atoms with Crippen LogP contribution >= 0.6 is 107 Å². The molecule has 0 radical (unpaired) electrons. The monoisotopic (exact) mass is 2190 g/mol. The minimum absolute atomic E-state index is 0.0162. The maximum atomic E-state index is 12.7. The predicted octanol–water partition coefficient (Wildman–Crippen LogP) is 22.8. The zero-order valence-electron chi connectivity index (χ0n) is 89.4. The Kier molecular flexibility index (Phi) is 73.4. The molecule has 5 atom stereocenters. The van der Waals surface area contributed by atoms with Crippen LogP contribution in [0.4, 0.5) is 0 Å². The molecule has 2 rings (SSSR count). The Morgan fingerprint density at radius 3 is 0.846 bits per heavy atom. The molecule has 758 valence electrons. The van der Waals surface area contributed by atoms with Crippen LogP contribution in [0.15, 0.2) is 0 Å². The summed E-state index contributed by atoms with van der Waals surface area (Å²) in [4.78, 5) is 69.2. The minimum Gasteiger partial charge on any atom is -0.458 e. The molecule has 2 aliphatic rings. The third-order valence-electron chi connectivity index (χ3n) is 17.7. The molecular formula is C93H175Br4ClN12O16P4. The van der Waals surface area contributed by atoms with Crippen molar-refractivity contribution in [3.8, 4) is 42.7 Å². The third kappa shape index (κ3) is 61.7. The molecule has 0 aromatic heterocycles. The molecule has 2 heterocycles. The van der Waals surface area contributed by atoms with Gasteiger partial charge in [0.25, 0.3) is 0 Å². The van der Waals surface area contributed by atoms with E-state index in [1.165, 1.54) is 7.11 Å². The van der Waals surface area contributed by atoms with Crippen molar-refractivity contribution in [2.24, 2.45) is 0 Å². The molecule has 2 aliphatic heterocycles. The van der Waals surface area contributed by atoms with E-state index in [1.807, 2.05) is 19.1 Å². The van der Waals surface area contributed by atoms with E-state index in [2.05, 4.69) is 320 Å². The Bertz CT molecular complexity index is 3260. The molecule has 3 unspecified atom stereocenters. The van der Waals surface area contributed by atoms with E-state index in [0.717, 1.165) is 0 Å². The topological polar surface area (TPSA) is 358 Å². The lowest BCUT2D eigenvalue weighted by Crippen LogP contribution is -2.45. The molecule has 0 aromatic carbocycles. The molecule has 2 saturated heterocycles. The summed E-state index contributed by atoms with van der Waals surface area (Å²) >= 11 is 18.2. The zero-order valence-corrected chi connectivity index (χ0v) is 98.1. The number of terminal acetylenes is 1. The fourth-order valence-electron chi connectivity index (χ4n) is 13.8. The van der Waals surface area contributed by atoms with Gasteiger partial charge in [0.1, 0.15) is 78.5 Å². The summed E-state index contributed by atoms with van der Waals surface area (Å²) in [5, 5.41) is 56.5. The van der Waals surface area contributed by atoms with E-state index >= 15 is 0 Å². The number of fused-ring (bicyclic) bond motifs is 2. The first-order valence-electron chi connectivity index (χ1n) is 45.7. The molecule has 130 heavy (non-hydrogen) atoms. The van der Waals surface area contributed by atoms with E-state index in [9.17, 15) is 28.8 Å². The lowest BCUT2D eigenvalue weighted by atomic mass is 10.0. The van der Waals surface area contributed by atoms with Gasteiger partial charge in [-0.05, 0) is 307 Å². The van der Waals surface area contributed by atoms with Crippen LogP contribution in [-0.4, -0.2) is 269 Å². The van der Waals surface area contributed by atoms with E-state index in [4.69, 9.17) is 89.6 Å². The summed E-state index contributed by atoms with van der Waals surface area (Å²) in [6.07, 6.45) is 6.32. The molecule has 37 heteroatoms. The number of aliphatic hydroxyl groups excluding tert-OH is 1. The largest absolute Gasteiger partial charge is 0.458 e. The number of esters is 5. The van der Waals surface area contributed by atoms with Gasteiger partial charge in [-0.2, -0.15) is 26.3 Å². The van der Waals surface area contributed by atoms with Gasteiger partial charge in [-0.3, -0.25) is 61.5 Å². The summed E-state index contributed by atoms with van der Waals surface area (Å²) in [5.74, 6) is 0.850. The van der Waals surface area contributed by atoms with Gasteiger partial charge in [0.15, 0.2) is 0 Å². The Balaban J connectivity index is -0.000000282. The number of ether oxygens (including phenoxy) is 7. The summed E-state index contributed by atoms with van der Waals surface area (Å²) in [5.41, 5.74) is -5.13. The van der Waals surface area contributed by atoms with Crippen LogP contribution in [0, 0.1) is 69.0 Å². The lowest BCUT2D eigenvalue weighted by Gasteiger charge is -2.47. The van der Waals surface area contributed by atoms with Crippen LogP contribution in [0.25, 0.3) is 0 Å². The van der Waals surface area contributed by atoms with Gasteiger partial charge in [-0.15, -0.1) is 12.3 Å². The van der Waals surface area contributed by atoms with Crippen molar-refractivity contribution in [2.75, 3.05) is 48.2 Å². The normalized spacial score (nSPS) is 16.2. The number of alkyl halides is 3. The van der Waals surface area contributed by atoms with E-state index in [-0.39, 0.29) is 121 Å². The van der Waals surface area contributed by atoms with Gasteiger partial charge >= 0.3 is 29.8 Å². The first-order chi connectivity index (χ1) is 60.1.